The van der Waals surface area contributed by atoms with Crippen molar-refractivity contribution in [3.8, 4) is 0 Å². The normalized spacial score (nSPS) is 31.4. The molecule has 0 spiro atoms. The monoisotopic (exact) mass is 215 g/mol. The van der Waals surface area contributed by atoms with E-state index < -0.39 is 0 Å². The molecule has 0 radical (unpaired) electrons. The molecule has 82 valence electrons. The topological polar surface area (TPSA) is 35.2 Å². The van der Waals surface area contributed by atoms with Crippen LogP contribution in [0.1, 0.15) is 40.0 Å². The Morgan fingerprint density at radius 2 is 2.14 bits per heavy atom. The third-order valence-electron chi connectivity index (χ3n) is 2.81. The third kappa shape index (κ3) is 3.93. The van der Waals surface area contributed by atoms with E-state index in [9.17, 15) is 0 Å². The zero-order chi connectivity index (χ0) is 10.8. The molecule has 1 fully saturated rings. The first-order valence-corrected chi connectivity index (χ1v) is 5.70. The van der Waals surface area contributed by atoms with E-state index in [1.54, 1.807) is 0 Å². The number of thiocarbonyl (C=S) groups is 1. The van der Waals surface area contributed by atoms with Crippen LogP contribution in [0.5, 0.6) is 0 Å². The van der Waals surface area contributed by atoms with Gasteiger partial charge in [0.2, 0.25) is 0 Å². The molecule has 0 bridgehead atoms. The molecule has 0 amide bonds. The average Bonchev–Trinajstić information content (AvgIpc) is 1.96. The largest absolute Gasteiger partial charge is 0.391 e. The molecule has 0 heterocycles. The van der Waals surface area contributed by atoms with Crippen molar-refractivity contribution in [1.29, 1.82) is 0 Å². The van der Waals surface area contributed by atoms with E-state index in [4.69, 9.17) is 22.7 Å². The Hall–Kier alpha value is -0.150. The standard InChI is InChI=1S/C11H21NOS/c1-8-4-9(13-7-10(12)14)6-11(2,3)5-8/h8-9H,4-7H2,1-3H3,(H2,12,14). The van der Waals surface area contributed by atoms with E-state index in [1.165, 1.54) is 6.42 Å². The van der Waals surface area contributed by atoms with Gasteiger partial charge in [0.15, 0.2) is 0 Å². The van der Waals surface area contributed by atoms with Crippen LogP contribution in [0.15, 0.2) is 0 Å². The average molecular weight is 215 g/mol. The SMILES string of the molecule is CC1CC(OCC(N)=S)CC(C)(C)C1. The summed E-state index contributed by atoms with van der Waals surface area (Å²) in [7, 11) is 0. The molecule has 0 aliphatic heterocycles. The van der Waals surface area contributed by atoms with Crippen molar-refractivity contribution in [3.63, 3.8) is 0 Å². The van der Waals surface area contributed by atoms with Crippen LogP contribution >= 0.6 is 12.2 Å². The molecule has 14 heavy (non-hydrogen) atoms. The molecule has 2 N–H and O–H groups in total. The number of hydrogen-bond donors (Lipinski definition) is 1. The van der Waals surface area contributed by atoms with Crippen LogP contribution < -0.4 is 5.73 Å². The minimum atomic E-state index is 0.343. The first-order valence-electron chi connectivity index (χ1n) is 5.29. The van der Waals surface area contributed by atoms with Gasteiger partial charge in [0.25, 0.3) is 0 Å². The van der Waals surface area contributed by atoms with Crippen molar-refractivity contribution >= 4 is 17.2 Å². The molecule has 1 rings (SSSR count). The Balaban J connectivity index is 2.42. The molecular weight excluding hydrogens is 194 g/mol. The predicted octanol–water partition coefficient (Wildman–Crippen LogP) is 2.50. The van der Waals surface area contributed by atoms with Crippen LogP contribution in [0.3, 0.4) is 0 Å². The number of hydrogen-bond acceptors (Lipinski definition) is 2. The molecule has 3 heteroatoms. The van der Waals surface area contributed by atoms with Crippen molar-refractivity contribution in [3.05, 3.63) is 0 Å². The zero-order valence-corrected chi connectivity index (χ0v) is 10.2. The molecule has 0 aromatic carbocycles. The summed E-state index contributed by atoms with van der Waals surface area (Å²) < 4.78 is 5.68. The van der Waals surface area contributed by atoms with E-state index in [0.717, 1.165) is 18.8 Å². The van der Waals surface area contributed by atoms with Gasteiger partial charge in [-0.3, -0.25) is 0 Å². The molecule has 1 aliphatic rings. The summed E-state index contributed by atoms with van der Waals surface area (Å²) in [6.07, 6.45) is 3.90. The molecular formula is C11H21NOS. The van der Waals surface area contributed by atoms with Gasteiger partial charge >= 0.3 is 0 Å². The van der Waals surface area contributed by atoms with Crippen molar-refractivity contribution in [2.75, 3.05) is 6.61 Å². The fraction of sp³-hybridized carbons (Fsp3) is 0.909. The van der Waals surface area contributed by atoms with Crippen molar-refractivity contribution in [1.82, 2.24) is 0 Å². The Bertz CT molecular complexity index is 215. The van der Waals surface area contributed by atoms with Gasteiger partial charge in [-0.05, 0) is 30.6 Å². The molecule has 2 nitrogen and oxygen atoms in total. The zero-order valence-electron chi connectivity index (χ0n) is 9.38. The van der Waals surface area contributed by atoms with Crippen LogP contribution in [0, 0.1) is 11.3 Å². The van der Waals surface area contributed by atoms with E-state index in [1.807, 2.05) is 0 Å². The molecule has 1 saturated carbocycles. The fourth-order valence-electron chi connectivity index (χ4n) is 2.59. The number of nitrogens with two attached hydrogens (primary N) is 1. The van der Waals surface area contributed by atoms with E-state index in [2.05, 4.69) is 20.8 Å². The lowest BCUT2D eigenvalue weighted by atomic mass is 9.71. The van der Waals surface area contributed by atoms with Gasteiger partial charge in [-0.25, -0.2) is 0 Å². The lowest BCUT2D eigenvalue weighted by Crippen LogP contribution is -2.34. The minimum Gasteiger partial charge on any atom is -0.391 e. The van der Waals surface area contributed by atoms with Crippen molar-refractivity contribution < 1.29 is 4.74 Å². The van der Waals surface area contributed by atoms with Gasteiger partial charge in [0.05, 0.1) is 17.7 Å². The lowest BCUT2D eigenvalue weighted by Gasteiger charge is -2.38. The Morgan fingerprint density at radius 1 is 1.50 bits per heavy atom. The fourth-order valence-corrected chi connectivity index (χ4v) is 2.65. The molecule has 2 atom stereocenters. The summed E-state index contributed by atoms with van der Waals surface area (Å²) in [4.78, 5) is 0.459. The molecule has 1 aliphatic carbocycles. The van der Waals surface area contributed by atoms with Gasteiger partial charge in [-0.2, -0.15) is 0 Å². The Kier molecular flexibility index (Phi) is 3.90. The van der Waals surface area contributed by atoms with Gasteiger partial charge in [-0.1, -0.05) is 33.0 Å². The van der Waals surface area contributed by atoms with Crippen molar-refractivity contribution in [2.45, 2.75) is 46.1 Å². The van der Waals surface area contributed by atoms with Crippen LogP contribution in [0.25, 0.3) is 0 Å². The third-order valence-corrected chi connectivity index (χ3v) is 2.93. The minimum absolute atomic E-state index is 0.343. The summed E-state index contributed by atoms with van der Waals surface area (Å²) in [6.45, 7) is 7.33. The highest BCUT2D eigenvalue weighted by Gasteiger charge is 2.32. The highest BCUT2D eigenvalue weighted by molar-refractivity contribution is 7.80. The van der Waals surface area contributed by atoms with Crippen LogP contribution in [0.4, 0.5) is 0 Å². The summed E-state index contributed by atoms with van der Waals surface area (Å²) in [5, 5.41) is 0. The van der Waals surface area contributed by atoms with Gasteiger partial charge in [0, 0.05) is 0 Å². The number of ether oxygens (including phenoxy) is 1. The first kappa shape index (κ1) is 11.9. The summed E-state index contributed by atoms with van der Waals surface area (Å²) in [5.74, 6) is 0.745. The van der Waals surface area contributed by atoms with Crippen LogP contribution in [-0.4, -0.2) is 17.7 Å². The number of rotatable bonds is 3. The Morgan fingerprint density at radius 3 is 2.64 bits per heavy atom. The van der Waals surface area contributed by atoms with Crippen LogP contribution in [-0.2, 0) is 4.74 Å². The molecule has 0 saturated heterocycles. The second-order valence-electron chi connectivity index (χ2n) is 5.31. The quantitative estimate of drug-likeness (QED) is 0.735. The summed E-state index contributed by atoms with van der Waals surface area (Å²) >= 11 is 4.80. The summed E-state index contributed by atoms with van der Waals surface area (Å²) in [6, 6.07) is 0. The lowest BCUT2D eigenvalue weighted by molar-refractivity contribution is -0.00635. The maximum atomic E-state index is 5.68. The highest BCUT2D eigenvalue weighted by atomic mass is 32.1. The van der Waals surface area contributed by atoms with Crippen molar-refractivity contribution in [2.24, 2.45) is 17.1 Å². The van der Waals surface area contributed by atoms with Gasteiger partial charge < -0.3 is 10.5 Å². The van der Waals surface area contributed by atoms with E-state index in [-0.39, 0.29) is 0 Å². The second-order valence-corrected chi connectivity index (χ2v) is 5.84. The molecule has 0 aromatic heterocycles. The second kappa shape index (κ2) is 4.58. The smallest absolute Gasteiger partial charge is 0.0989 e. The van der Waals surface area contributed by atoms with Crippen LogP contribution in [0.2, 0.25) is 0 Å². The van der Waals surface area contributed by atoms with E-state index in [0.29, 0.717) is 23.1 Å². The molecule has 0 aromatic rings. The Labute approximate surface area is 92.2 Å². The van der Waals surface area contributed by atoms with Gasteiger partial charge in [-0.15, -0.1) is 0 Å². The highest BCUT2D eigenvalue weighted by Crippen LogP contribution is 2.39. The maximum Gasteiger partial charge on any atom is 0.0989 e. The summed E-state index contributed by atoms with van der Waals surface area (Å²) in [5.41, 5.74) is 5.82. The maximum absolute atomic E-state index is 5.68. The predicted molar refractivity (Wildman–Crippen MR) is 63.3 cm³/mol. The van der Waals surface area contributed by atoms with E-state index >= 15 is 0 Å². The molecule has 2 unspecified atom stereocenters. The van der Waals surface area contributed by atoms with Gasteiger partial charge in [0.1, 0.15) is 0 Å². The first-order chi connectivity index (χ1) is 6.39.